The molecule has 9 heteroatoms. The van der Waals surface area contributed by atoms with Crippen LogP contribution in [0, 0.1) is 0 Å². The van der Waals surface area contributed by atoms with E-state index in [4.69, 9.17) is 9.63 Å². The van der Waals surface area contributed by atoms with Gasteiger partial charge in [0.2, 0.25) is 0 Å². The Morgan fingerprint density at radius 1 is 1.18 bits per heavy atom. The summed E-state index contributed by atoms with van der Waals surface area (Å²) in [6, 6.07) is 0. The highest BCUT2D eigenvalue weighted by Crippen LogP contribution is 2.42. The Morgan fingerprint density at radius 2 is 1.76 bits per heavy atom. The average Bonchev–Trinajstić information content (AvgIpc) is 2.29. The zero-order valence-corrected chi connectivity index (χ0v) is 10.1. The van der Waals surface area contributed by atoms with Gasteiger partial charge in [-0.15, -0.1) is 0 Å². The van der Waals surface area contributed by atoms with Crippen LogP contribution in [-0.2, 0) is 13.8 Å². The summed E-state index contributed by atoms with van der Waals surface area (Å²) in [4.78, 5) is 9.15. The molecule has 5 N–H and O–H groups in total. The van der Waals surface area contributed by atoms with E-state index in [-0.39, 0.29) is 12.6 Å². The smallest absolute Gasteiger partial charge is 0.327 e. The lowest BCUT2D eigenvalue weighted by Crippen LogP contribution is -2.57. The van der Waals surface area contributed by atoms with Crippen molar-refractivity contribution in [2.75, 3.05) is 13.3 Å². The molecule has 1 aliphatic heterocycles. The number of rotatable bonds is 4. The summed E-state index contributed by atoms with van der Waals surface area (Å²) in [7, 11) is -2.66. The van der Waals surface area contributed by atoms with E-state index in [0.29, 0.717) is 0 Å². The number of aliphatic hydroxyl groups excluding tert-OH is 4. The zero-order valence-electron chi connectivity index (χ0n) is 9.21. The number of ether oxygens (including phenoxy) is 1. The quantitative estimate of drug-likeness (QED) is 0.371. The zero-order chi connectivity index (χ0) is 13.2. The second-order valence-electron chi connectivity index (χ2n) is 3.87. The van der Waals surface area contributed by atoms with Crippen molar-refractivity contribution in [3.8, 4) is 0 Å². The highest BCUT2D eigenvalue weighted by molar-refractivity contribution is 7.52. The fourth-order valence-electron chi connectivity index (χ4n) is 1.55. The van der Waals surface area contributed by atoms with Crippen LogP contribution in [0.15, 0.2) is 0 Å². The minimum Gasteiger partial charge on any atom is -0.388 e. The van der Waals surface area contributed by atoms with E-state index in [1.807, 2.05) is 0 Å². The van der Waals surface area contributed by atoms with Gasteiger partial charge in [-0.05, 0) is 6.42 Å². The molecule has 0 spiro atoms. The Hall–Kier alpha value is -0.0500. The molecule has 0 saturated carbocycles. The van der Waals surface area contributed by atoms with E-state index >= 15 is 0 Å². The van der Waals surface area contributed by atoms with E-state index in [0.717, 1.165) is 7.11 Å². The molecular weight excluding hydrogens is 255 g/mol. The molecule has 0 aromatic rings. The molecule has 1 saturated heterocycles. The first-order valence-electron chi connectivity index (χ1n) is 5.04. The van der Waals surface area contributed by atoms with Crippen molar-refractivity contribution in [2.45, 2.75) is 37.1 Å². The number of aliphatic hydroxyl groups is 4. The maximum absolute atomic E-state index is 11.2. The van der Waals surface area contributed by atoms with Gasteiger partial charge in [-0.3, -0.25) is 4.57 Å². The van der Waals surface area contributed by atoms with Gasteiger partial charge >= 0.3 is 7.60 Å². The van der Waals surface area contributed by atoms with Crippen LogP contribution in [0.25, 0.3) is 0 Å². The molecule has 0 aromatic heterocycles. The van der Waals surface area contributed by atoms with E-state index in [9.17, 15) is 25.0 Å². The van der Waals surface area contributed by atoms with Crippen molar-refractivity contribution in [1.29, 1.82) is 0 Å². The van der Waals surface area contributed by atoms with Crippen molar-refractivity contribution in [3.05, 3.63) is 0 Å². The summed E-state index contributed by atoms with van der Waals surface area (Å²) in [5.74, 6) is 0. The second-order valence-corrected chi connectivity index (χ2v) is 5.96. The Kier molecular flexibility index (Phi) is 5.06. The normalized spacial score (nSPS) is 42.1. The van der Waals surface area contributed by atoms with Gasteiger partial charge in [0.15, 0.2) is 6.29 Å². The third-order valence-corrected chi connectivity index (χ3v) is 4.06. The fourth-order valence-corrected chi connectivity index (χ4v) is 2.31. The molecule has 102 valence electrons. The molecule has 1 unspecified atom stereocenters. The molecule has 1 fully saturated rings. The van der Waals surface area contributed by atoms with Gasteiger partial charge in [-0.25, -0.2) is 0 Å². The number of hydrogen-bond acceptors (Lipinski definition) is 7. The van der Waals surface area contributed by atoms with E-state index in [1.165, 1.54) is 0 Å². The van der Waals surface area contributed by atoms with Crippen LogP contribution in [0.4, 0.5) is 0 Å². The summed E-state index contributed by atoms with van der Waals surface area (Å²) in [5.41, 5.74) is 0. The molecule has 6 atom stereocenters. The third kappa shape index (κ3) is 3.70. The average molecular weight is 272 g/mol. The first-order chi connectivity index (χ1) is 7.78. The van der Waals surface area contributed by atoms with E-state index in [1.54, 1.807) is 0 Å². The standard InChI is InChI=1S/C8H17O8P/c1-15-17(13,14)3-2-4-5(9)6(10)7(11)8(12)16-4/h4-12H,2-3H2,1H3,(H,13,14)/t4-,5-,6+,7+,8+/m1/s1. The van der Waals surface area contributed by atoms with Gasteiger partial charge in [-0.1, -0.05) is 0 Å². The first kappa shape index (κ1) is 15.0. The monoisotopic (exact) mass is 272 g/mol. The number of hydrogen-bond donors (Lipinski definition) is 5. The minimum atomic E-state index is -3.74. The van der Waals surface area contributed by atoms with Crippen LogP contribution in [0.5, 0.6) is 0 Å². The summed E-state index contributed by atoms with van der Waals surface area (Å²) in [5, 5.41) is 37.3. The molecule has 1 aliphatic rings. The van der Waals surface area contributed by atoms with Crippen LogP contribution in [-0.4, -0.2) is 69.3 Å². The fraction of sp³-hybridized carbons (Fsp3) is 1.00. The molecule has 1 rings (SSSR count). The third-order valence-electron chi connectivity index (χ3n) is 2.67. The van der Waals surface area contributed by atoms with Gasteiger partial charge in [0.05, 0.1) is 12.3 Å². The summed E-state index contributed by atoms with van der Waals surface area (Å²) >= 11 is 0. The molecule has 0 amide bonds. The van der Waals surface area contributed by atoms with Gasteiger partial charge in [0.25, 0.3) is 0 Å². The first-order valence-corrected chi connectivity index (χ1v) is 6.80. The summed E-state index contributed by atoms with van der Waals surface area (Å²) in [6.45, 7) is 0. The lowest BCUT2D eigenvalue weighted by molar-refractivity contribution is -0.281. The minimum absolute atomic E-state index is 0.0936. The topological polar surface area (TPSA) is 137 Å². The molecule has 17 heavy (non-hydrogen) atoms. The van der Waals surface area contributed by atoms with Gasteiger partial charge in [0.1, 0.15) is 18.3 Å². The van der Waals surface area contributed by atoms with Crippen LogP contribution < -0.4 is 0 Å². The van der Waals surface area contributed by atoms with Gasteiger partial charge < -0.3 is 34.6 Å². The van der Waals surface area contributed by atoms with Crippen LogP contribution in [0.2, 0.25) is 0 Å². The van der Waals surface area contributed by atoms with Crippen molar-refractivity contribution in [3.63, 3.8) is 0 Å². The molecular formula is C8H17O8P. The Labute approximate surface area is 97.9 Å². The molecule has 1 heterocycles. The highest BCUT2D eigenvalue weighted by atomic mass is 31.2. The Bertz CT molecular complexity index is 297. The maximum atomic E-state index is 11.2. The lowest BCUT2D eigenvalue weighted by Gasteiger charge is -2.38. The summed E-state index contributed by atoms with van der Waals surface area (Å²) < 4.78 is 20.3. The van der Waals surface area contributed by atoms with Crippen LogP contribution in [0.3, 0.4) is 0 Å². The van der Waals surface area contributed by atoms with Gasteiger partial charge in [0, 0.05) is 7.11 Å². The van der Waals surface area contributed by atoms with Crippen molar-refractivity contribution < 1.29 is 39.1 Å². The Morgan fingerprint density at radius 3 is 2.29 bits per heavy atom. The van der Waals surface area contributed by atoms with E-state index in [2.05, 4.69) is 4.52 Å². The Balaban J connectivity index is 2.57. The predicted octanol–water partition coefficient (Wildman–Crippen LogP) is -1.99. The molecule has 0 bridgehead atoms. The highest BCUT2D eigenvalue weighted by Gasteiger charge is 2.43. The summed E-state index contributed by atoms with van der Waals surface area (Å²) in [6.07, 6.45) is -7.68. The lowest BCUT2D eigenvalue weighted by atomic mass is 9.97. The van der Waals surface area contributed by atoms with Crippen LogP contribution in [0.1, 0.15) is 6.42 Å². The molecule has 0 aliphatic carbocycles. The molecule has 8 nitrogen and oxygen atoms in total. The predicted molar refractivity (Wildman–Crippen MR) is 55.2 cm³/mol. The SMILES string of the molecule is COP(=O)(O)CC[C@H]1O[C@H](O)[C@@H](O)[C@@H](O)[C@@H]1O. The maximum Gasteiger partial charge on any atom is 0.327 e. The molecule has 0 aromatic carbocycles. The van der Waals surface area contributed by atoms with E-state index < -0.39 is 38.3 Å². The molecule has 0 radical (unpaired) electrons. The van der Waals surface area contributed by atoms with Crippen molar-refractivity contribution in [1.82, 2.24) is 0 Å². The van der Waals surface area contributed by atoms with Crippen molar-refractivity contribution in [2.24, 2.45) is 0 Å². The van der Waals surface area contributed by atoms with Crippen LogP contribution >= 0.6 is 7.60 Å². The van der Waals surface area contributed by atoms with Gasteiger partial charge in [-0.2, -0.15) is 0 Å². The largest absolute Gasteiger partial charge is 0.388 e. The van der Waals surface area contributed by atoms with Crippen molar-refractivity contribution >= 4 is 7.60 Å². The second kappa shape index (κ2) is 5.73.